The summed E-state index contributed by atoms with van der Waals surface area (Å²) in [6.45, 7) is 2.26. The van der Waals surface area contributed by atoms with E-state index in [1.165, 1.54) is 63.0 Å². The fourth-order valence-electron chi connectivity index (χ4n) is 4.83. The van der Waals surface area contributed by atoms with Gasteiger partial charge in [-0.25, -0.2) is 9.18 Å². The number of unbranched alkanes of at least 4 members (excludes halogenated alkanes) is 2. The van der Waals surface area contributed by atoms with Crippen LogP contribution >= 0.6 is 11.6 Å². The average molecular weight is 453 g/mol. The number of ether oxygens (including phenoxy) is 1. The molecule has 32 heavy (non-hydrogen) atoms. The molecular formula is C28H30ClFO2. The van der Waals surface area contributed by atoms with E-state index in [-0.39, 0.29) is 5.02 Å². The predicted molar refractivity (Wildman–Crippen MR) is 129 cm³/mol. The van der Waals surface area contributed by atoms with Gasteiger partial charge in [-0.15, -0.1) is 0 Å². The zero-order valence-electron chi connectivity index (χ0n) is 18.6. The highest BCUT2D eigenvalue weighted by molar-refractivity contribution is 6.31. The summed E-state index contributed by atoms with van der Waals surface area (Å²) in [5.41, 5.74) is 1.83. The number of esters is 1. The van der Waals surface area contributed by atoms with Crippen LogP contribution in [0.1, 0.15) is 80.1 Å². The molecule has 0 aromatic heterocycles. The molecule has 0 heterocycles. The zero-order chi connectivity index (χ0) is 22.5. The van der Waals surface area contributed by atoms with Crippen molar-refractivity contribution >= 4 is 28.3 Å². The largest absolute Gasteiger partial charge is 0.423 e. The van der Waals surface area contributed by atoms with E-state index >= 15 is 0 Å². The van der Waals surface area contributed by atoms with Crippen LogP contribution in [-0.4, -0.2) is 5.97 Å². The molecule has 4 rings (SSSR count). The van der Waals surface area contributed by atoms with Crippen LogP contribution in [-0.2, 0) is 0 Å². The van der Waals surface area contributed by atoms with E-state index < -0.39 is 11.8 Å². The molecule has 0 spiro atoms. The van der Waals surface area contributed by atoms with Crippen LogP contribution in [0.25, 0.3) is 10.8 Å². The molecule has 3 aromatic carbocycles. The molecule has 1 aliphatic carbocycles. The smallest absolute Gasteiger partial charge is 0.343 e. The Morgan fingerprint density at radius 3 is 2.47 bits per heavy atom. The van der Waals surface area contributed by atoms with E-state index in [4.69, 9.17) is 16.3 Å². The van der Waals surface area contributed by atoms with Gasteiger partial charge in [0.25, 0.3) is 0 Å². The number of fused-ring (bicyclic) bond motifs is 1. The number of carbonyl (C=O) groups excluding carboxylic acids is 1. The molecule has 0 bridgehead atoms. The summed E-state index contributed by atoms with van der Waals surface area (Å²) in [7, 11) is 0. The number of rotatable bonds is 7. The minimum absolute atomic E-state index is 0.0762. The van der Waals surface area contributed by atoms with Crippen molar-refractivity contribution in [2.75, 3.05) is 0 Å². The third-order valence-electron chi connectivity index (χ3n) is 6.77. The van der Waals surface area contributed by atoms with Gasteiger partial charge in [0.05, 0.1) is 10.6 Å². The van der Waals surface area contributed by atoms with Crippen molar-refractivity contribution in [2.45, 2.75) is 64.2 Å². The van der Waals surface area contributed by atoms with Gasteiger partial charge in [0.15, 0.2) is 0 Å². The third kappa shape index (κ3) is 5.32. The van der Waals surface area contributed by atoms with Gasteiger partial charge in [-0.05, 0) is 84.9 Å². The van der Waals surface area contributed by atoms with Crippen LogP contribution in [0.2, 0.25) is 5.02 Å². The second kappa shape index (κ2) is 10.5. The number of hydrogen-bond donors (Lipinski definition) is 0. The fourth-order valence-corrected chi connectivity index (χ4v) is 5.00. The molecule has 4 heteroatoms. The summed E-state index contributed by atoms with van der Waals surface area (Å²) in [5.74, 6) is 0.982. The van der Waals surface area contributed by atoms with E-state index in [0.29, 0.717) is 28.0 Å². The SMILES string of the molecule is CCCCCC1CCC(c2ccc(C(=O)Oc3ccc4c(F)c(Cl)ccc4c3)cc2)CC1. The molecule has 0 amide bonds. The van der Waals surface area contributed by atoms with Crippen molar-refractivity contribution in [3.05, 3.63) is 76.6 Å². The highest BCUT2D eigenvalue weighted by atomic mass is 35.5. The second-order valence-electron chi connectivity index (χ2n) is 8.97. The van der Waals surface area contributed by atoms with E-state index in [1.807, 2.05) is 12.1 Å². The van der Waals surface area contributed by atoms with Crippen LogP contribution in [0.5, 0.6) is 5.75 Å². The molecule has 2 nitrogen and oxygen atoms in total. The van der Waals surface area contributed by atoms with Crippen molar-refractivity contribution in [1.82, 2.24) is 0 Å². The minimum Gasteiger partial charge on any atom is -0.423 e. The summed E-state index contributed by atoms with van der Waals surface area (Å²) in [4.78, 5) is 12.6. The van der Waals surface area contributed by atoms with Crippen molar-refractivity contribution in [1.29, 1.82) is 0 Å². The lowest BCUT2D eigenvalue weighted by Crippen LogP contribution is -2.14. The first kappa shape index (κ1) is 22.8. The summed E-state index contributed by atoms with van der Waals surface area (Å²) in [6, 6.07) is 15.9. The van der Waals surface area contributed by atoms with Crippen LogP contribution in [0.3, 0.4) is 0 Å². The first-order valence-electron chi connectivity index (χ1n) is 11.7. The maximum Gasteiger partial charge on any atom is 0.343 e. The van der Waals surface area contributed by atoms with E-state index in [2.05, 4.69) is 19.1 Å². The Bertz CT molecular complexity index is 1070. The van der Waals surface area contributed by atoms with E-state index in [0.717, 1.165) is 5.92 Å². The minimum atomic E-state index is -0.465. The van der Waals surface area contributed by atoms with Gasteiger partial charge in [-0.1, -0.05) is 62.4 Å². The molecule has 1 fully saturated rings. The first-order chi connectivity index (χ1) is 15.5. The quantitative estimate of drug-likeness (QED) is 0.203. The summed E-state index contributed by atoms with van der Waals surface area (Å²) >= 11 is 5.83. The standard InChI is InChI=1S/C28H30ClFO2/c1-2-3-4-5-19-6-8-20(9-7-19)21-10-12-22(13-11-21)28(31)32-24-15-16-25-23(18-24)14-17-26(29)27(25)30/h10-20H,2-9H2,1H3. The van der Waals surface area contributed by atoms with Crippen LogP contribution in [0.4, 0.5) is 4.39 Å². The van der Waals surface area contributed by atoms with Gasteiger partial charge in [0, 0.05) is 5.39 Å². The van der Waals surface area contributed by atoms with E-state index in [1.54, 1.807) is 24.3 Å². The number of benzene rings is 3. The Morgan fingerprint density at radius 1 is 1.00 bits per heavy atom. The molecule has 0 saturated heterocycles. The number of carbonyl (C=O) groups is 1. The van der Waals surface area contributed by atoms with Crippen molar-refractivity contribution < 1.29 is 13.9 Å². The molecule has 0 unspecified atom stereocenters. The van der Waals surface area contributed by atoms with Crippen LogP contribution in [0, 0.1) is 11.7 Å². The Labute approximate surface area is 194 Å². The monoisotopic (exact) mass is 452 g/mol. The molecule has 0 aliphatic heterocycles. The van der Waals surface area contributed by atoms with Crippen molar-refractivity contribution in [3.8, 4) is 5.75 Å². The van der Waals surface area contributed by atoms with Gasteiger partial charge in [0.2, 0.25) is 0 Å². The molecule has 3 aromatic rings. The molecule has 0 atom stereocenters. The van der Waals surface area contributed by atoms with Gasteiger partial charge < -0.3 is 4.74 Å². The molecular weight excluding hydrogens is 423 g/mol. The van der Waals surface area contributed by atoms with Gasteiger partial charge in [-0.3, -0.25) is 0 Å². The molecule has 1 aliphatic rings. The number of hydrogen-bond acceptors (Lipinski definition) is 2. The van der Waals surface area contributed by atoms with Gasteiger partial charge >= 0.3 is 5.97 Å². The molecule has 0 N–H and O–H groups in total. The molecule has 168 valence electrons. The second-order valence-corrected chi connectivity index (χ2v) is 9.38. The molecule has 1 saturated carbocycles. The highest BCUT2D eigenvalue weighted by Crippen LogP contribution is 2.38. The van der Waals surface area contributed by atoms with Crippen molar-refractivity contribution in [3.63, 3.8) is 0 Å². The Hall–Kier alpha value is -2.39. The Morgan fingerprint density at radius 2 is 1.75 bits per heavy atom. The topological polar surface area (TPSA) is 26.3 Å². The fraction of sp³-hybridized carbons (Fsp3) is 0.393. The lowest BCUT2D eigenvalue weighted by atomic mass is 9.77. The third-order valence-corrected chi connectivity index (χ3v) is 7.06. The maximum atomic E-state index is 14.1. The van der Waals surface area contributed by atoms with Gasteiger partial charge in [0.1, 0.15) is 11.6 Å². The lowest BCUT2D eigenvalue weighted by Gasteiger charge is -2.29. The Kier molecular flexibility index (Phi) is 7.47. The summed E-state index contributed by atoms with van der Waals surface area (Å²) < 4.78 is 19.6. The average Bonchev–Trinajstić information content (AvgIpc) is 2.82. The van der Waals surface area contributed by atoms with E-state index in [9.17, 15) is 9.18 Å². The molecule has 0 radical (unpaired) electrons. The van der Waals surface area contributed by atoms with Crippen LogP contribution in [0.15, 0.2) is 54.6 Å². The summed E-state index contributed by atoms with van der Waals surface area (Å²) in [5, 5.41) is 1.12. The summed E-state index contributed by atoms with van der Waals surface area (Å²) in [6.07, 6.45) is 10.5. The normalized spacial score (nSPS) is 18.6. The maximum absolute atomic E-state index is 14.1. The van der Waals surface area contributed by atoms with Crippen LogP contribution < -0.4 is 4.74 Å². The highest BCUT2D eigenvalue weighted by Gasteiger charge is 2.22. The Balaban J connectivity index is 1.35. The van der Waals surface area contributed by atoms with Crippen molar-refractivity contribution in [2.24, 2.45) is 5.92 Å². The first-order valence-corrected chi connectivity index (χ1v) is 12.1. The van der Waals surface area contributed by atoms with Gasteiger partial charge in [-0.2, -0.15) is 0 Å². The predicted octanol–water partition coefficient (Wildman–Crippen LogP) is 8.71. The zero-order valence-corrected chi connectivity index (χ0v) is 19.3. The lowest BCUT2D eigenvalue weighted by molar-refractivity contribution is 0.0735. The number of halogens is 2.